The first kappa shape index (κ1) is 26.2. The molecule has 0 fully saturated rings. The SMILES string of the molecule is CCCCNC(=O)[C@H](CC)N(CCc1ccccc1)C(=O)CCCOc1ccc(OC)cc1. The number of nitrogens with one attached hydrogen (secondary N) is 1. The van der Waals surface area contributed by atoms with Gasteiger partial charge in [-0.25, -0.2) is 0 Å². The largest absolute Gasteiger partial charge is 0.497 e. The Morgan fingerprint density at radius 1 is 0.970 bits per heavy atom. The van der Waals surface area contributed by atoms with Gasteiger partial charge < -0.3 is 19.7 Å². The first-order chi connectivity index (χ1) is 16.1. The van der Waals surface area contributed by atoms with Crippen LogP contribution in [-0.4, -0.2) is 49.6 Å². The number of unbranched alkanes of at least 4 members (excludes halogenated alkanes) is 1. The van der Waals surface area contributed by atoms with Crippen LogP contribution in [0, 0.1) is 0 Å². The number of ether oxygens (including phenoxy) is 2. The Morgan fingerprint density at radius 3 is 2.30 bits per heavy atom. The molecule has 180 valence electrons. The van der Waals surface area contributed by atoms with E-state index < -0.39 is 6.04 Å². The molecule has 0 aromatic heterocycles. The van der Waals surface area contributed by atoms with Crippen molar-refractivity contribution in [3.8, 4) is 11.5 Å². The van der Waals surface area contributed by atoms with Crippen LogP contribution in [0.3, 0.4) is 0 Å². The van der Waals surface area contributed by atoms with E-state index in [0.717, 1.165) is 29.9 Å². The summed E-state index contributed by atoms with van der Waals surface area (Å²) in [5.41, 5.74) is 1.15. The molecule has 0 aliphatic heterocycles. The van der Waals surface area contributed by atoms with Crippen molar-refractivity contribution in [1.29, 1.82) is 0 Å². The molecule has 2 aromatic carbocycles. The fraction of sp³-hybridized carbons (Fsp3) is 0.481. The molecular formula is C27H38N2O4. The number of rotatable bonds is 15. The Hall–Kier alpha value is -3.02. The van der Waals surface area contributed by atoms with Crippen LogP contribution in [0.4, 0.5) is 0 Å². The Bertz CT molecular complexity index is 824. The van der Waals surface area contributed by atoms with Crippen molar-refractivity contribution >= 4 is 11.8 Å². The summed E-state index contributed by atoms with van der Waals surface area (Å²) >= 11 is 0. The number of carbonyl (C=O) groups excluding carboxylic acids is 2. The standard InChI is InChI=1S/C27H38N2O4/c1-4-6-19-28-27(31)25(5-2)29(20-18-22-11-8-7-9-12-22)26(30)13-10-21-33-24-16-14-23(32-3)15-17-24/h7-9,11-12,14-17,25H,4-6,10,13,18-21H2,1-3H3,(H,28,31)/t25-/m0/s1. The van der Waals surface area contributed by atoms with E-state index in [1.165, 1.54) is 0 Å². The van der Waals surface area contributed by atoms with Crippen LogP contribution in [-0.2, 0) is 16.0 Å². The Kier molecular flexibility index (Phi) is 11.9. The van der Waals surface area contributed by atoms with Crippen LogP contribution < -0.4 is 14.8 Å². The molecule has 2 amide bonds. The second kappa shape index (κ2) is 14.9. The zero-order valence-corrected chi connectivity index (χ0v) is 20.2. The smallest absolute Gasteiger partial charge is 0.242 e. The van der Waals surface area contributed by atoms with E-state index in [0.29, 0.717) is 45.4 Å². The average molecular weight is 455 g/mol. The van der Waals surface area contributed by atoms with Gasteiger partial charge in [-0.2, -0.15) is 0 Å². The lowest BCUT2D eigenvalue weighted by molar-refractivity contribution is -0.140. The van der Waals surface area contributed by atoms with Crippen LogP contribution in [0.15, 0.2) is 54.6 Å². The maximum Gasteiger partial charge on any atom is 0.242 e. The van der Waals surface area contributed by atoms with Gasteiger partial charge in [0.15, 0.2) is 0 Å². The molecule has 0 radical (unpaired) electrons. The zero-order chi connectivity index (χ0) is 23.9. The summed E-state index contributed by atoms with van der Waals surface area (Å²) in [5.74, 6) is 1.43. The summed E-state index contributed by atoms with van der Waals surface area (Å²) in [6.07, 6.45) is 4.17. The molecule has 2 aromatic rings. The molecule has 0 aliphatic carbocycles. The quantitative estimate of drug-likeness (QED) is 0.399. The van der Waals surface area contributed by atoms with Crippen LogP contribution in [0.1, 0.15) is 51.5 Å². The van der Waals surface area contributed by atoms with Gasteiger partial charge in [-0.1, -0.05) is 50.6 Å². The first-order valence-electron chi connectivity index (χ1n) is 12.0. The number of carbonyl (C=O) groups is 2. The highest BCUT2D eigenvalue weighted by atomic mass is 16.5. The Balaban J connectivity index is 1.95. The van der Waals surface area contributed by atoms with Crippen molar-refractivity contribution in [1.82, 2.24) is 10.2 Å². The molecule has 0 spiro atoms. The van der Waals surface area contributed by atoms with Gasteiger partial charge in [-0.3, -0.25) is 9.59 Å². The van der Waals surface area contributed by atoms with Crippen LogP contribution >= 0.6 is 0 Å². The summed E-state index contributed by atoms with van der Waals surface area (Å²) in [6.45, 7) is 5.64. The molecule has 2 rings (SSSR count). The number of nitrogens with zero attached hydrogens (tertiary/aromatic N) is 1. The summed E-state index contributed by atoms with van der Waals surface area (Å²) in [7, 11) is 1.62. The molecule has 6 nitrogen and oxygen atoms in total. The minimum absolute atomic E-state index is 0.0123. The van der Waals surface area contributed by atoms with Crippen molar-refractivity contribution < 1.29 is 19.1 Å². The zero-order valence-electron chi connectivity index (χ0n) is 20.2. The van der Waals surface area contributed by atoms with Gasteiger partial charge >= 0.3 is 0 Å². The highest BCUT2D eigenvalue weighted by molar-refractivity contribution is 5.87. The number of amides is 2. The molecule has 0 aliphatic rings. The highest BCUT2D eigenvalue weighted by Gasteiger charge is 2.27. The lowest BCUT2D eigenvalue weighted by Gasteiger charge is -2.30. The van der Waals surface area contributed by atoms with Crippen LogP contribution in [0.5, 0.6) is 11.5 Å². The van der Waals surface area contributed by atoms with E-state index in [1.807, 2.05) is 61.5 Å². The van der Waals surface area contributed by atoms with Crippen molar-refractivity contribution in [3.05, 3.63) is 60.2 Å². The molecule has 33 heavy (non-hydrogen) atoms. The molecule has 0 heterocycles. The normalized spacial score (nSPS) is 11.5. The van der Waals surface area contributed by atoms with E-state index in [-0.39, 0.29) is 11.8 Å². The molecule has 0 saturated heterocycles. The van der Waals surface area contributed by atoms with E-state index in [4.69, 9.17) is 9.47 Å². The maximum absolute atomic E-state index is 13.2. The molecule has 0 bridgehead atoms. The van der Waals surface area contributed by atoms with Crippen molar-refractivity contribution in [2.45, 2.75) is 58.4 Å². The molecule has 1 N–H and O–H groups in total. The van der Waals surface area contributed by atoms with Gasteiger partial charge in [0.2, 0.25) is 11.8 Å². The lowest BCUT2D eigenvalue weighted by Crippen LogP contribution is -2.50. The fourth-order valence-corrected chi connectivity index (χ4v) is 3.63. The van der Waals surface area contributed by atoms with Gasteiger partial charge in [-0.05, 0) is 55.5 Å². The minimum Gasteiger partial charge on any atom is -0.497 e. The third-order valence-corrected chi connectivity index (χ3v) is 5.56. The van der Waals surface area contributed by atoms with E-state index in [9.17, 15) is 9.59 Å². The predicted molar refractivity (Wildman–Crippen MR) is 132 cm³/mol. The molecule has 1 atom stereocenters. The molecule has 0 saturated carbocycles. The third-order valence-electron chi connectivity index (χ3n) is 5.56. The fourth-order valence-electron chi connectivity index (χ4n) is 3.63. The first-order valence-corrected chi connectivity index (χ1v) is 12.0. The second-order valence-corrected chi connectivity index (χ2v) is 8.02. The van der Waals surface area contributed by atoms with Crippen molar-refractivity contribution in [3.63, 3.8) is 0 Å². The number of hydrogen-bond acceptors (Lipinski definition) is 4. The van der Waals surface area contributed by atoms with Gasteiger partial charge in [0.1, 0.15) is 17.5 Å². The summed E-state index contributed by atoms with van der Waals surface area (Å²) < 4.78 is 10.9. The topological polar surface area (TPSA) is 67.9 Å². The van der Waals surface area contributed by atoms with Crippen LogP contribution in [0.25, 0.3) is 0 Å². The van der Waals surface area contributed by atoms with Crippen molar-refractivity contribution in [2.24, 2.45) is 0 Å². The Morgan fingerprint density at radius 2 is 1.67 bits per heavy atom. The maximum atomic E-state index is 13.2. The highest BCUT2D eigenvalue weighted by Crippen LogP contribution is 2.17. The van der Waals surface area contributed by atoms with Crippen LogP contribution in [0.2, 0.25) is 0 Å². The number of hydrogen-bond donors (Lipinski definition) is 1. The summed E-state index contributed by atoms with van der Waals surface area (Å²) in [4.78, 5) is 27.8. The lowest BCUT2D eigenvalue weighted by atomic mass is 10.1. The van der Waals surface area contributed by atoms with Gasteiger partial charge in [0.25, 0.3) is 0 Å². The van der Waals surface area contributed by atoms with E-state index in [1.54, 1.807) is 12.0 Å². The number of benzene rings is 2. The number of methoxy groups -OCH3 is 1. The summed E-state index contributed by atoms with van der Waals surface area (Å²) in [6, 6.07) is 17.0. The van der Waals surface area contributed by atoms with Gasteiger partial charge in [0.05, 0.1) is 13.7 Å². The van der Waals surface area contributed by atoms with E-state index >= 15 is 0 Å². The molecular weight excluding hydrogens is 416 g/mol. The minimum atomic E-state index is -0.458. The van der Waals surface area contributed by atoms with Gasteiger partial charge in [0, 0.05) is 19.5 Å². The Labute approximate surface area is 198 Å². The third kappa shape index (κ3) is 9.16. The predicted octanol–water partition coefficient (Wildman–Crippen LogP) is 4.62. The van der Waals surface area contributed by atoms with E-state index in [2.05, 4.69) is 12.2 Å². The monoisotopic (exact) mass is 454 g/mol. The van der Waals surface area contributed by atoms with Crippen molar-refractivity contribution in [2.75, 3.05) is 26.8 Å². The molecule has 6 heteroatoms. The summed E-state index contributed by atoms with van der Waals surface area (Å²) in [5, 5.41) is 3.00. The van der Waals surface area contributed by atoms with Gasteiger partial charge in [-0.15, -0.1) is 0 Å². The average Bonchev–Trinajstić information content (AvgIpc) is 2.85. The molecule has 0 unspecified atom stereocenters. The second-order valence-electron chi connectivity index (χ2n) is 8.02.